The number of hydrogen-bond acceptors (Lipinski definition) is 4. The van der Waals surface area contributed by atoms with E-state index in [2.05, 4.69) is 10.1 Å². The number of fused-ring (bicyclic) bond motifs is 1. The molecule has 0 spiro atoms. The molecule has 1 aliphatic heterocycles. The molecular formula is C18H18F2N2O3. The topological polar surface area (TPSA) is 61.8 Å². The van der Waals surface area contributed by atoms with Crippen molar-refractivity contribution in [2.24, 2.45) is 0 Å². The summed E-state index contributed by atoms with van der Waals surface area (Å²) in [7, 11) is 0. The van der Waals surface area contributed by atoms with Crippen molar-refractivity contribution in [3.8, 4) is 11.5 Å². The normalized spacial score (nSPS) is 13.5. The number of carbonyl (C=O) groups excluding carboxylic acids is 1. The van der Waals surface area contributed by atoms with E-state index in [0.29, 0.717) is 12.2 Å². The largest absolute Gasteiger partial charge is 0.508 e. The maximum atomic E-state index is 12.3. The standard InChI is InChI=1S/C18H18F2N2O3/c19-18(20)25-15-7-8-16-12(10-15)2-1-9-22(16)11-17(24)21-13-3-5-14(23)6-4-13/h3-8,10,18,23H,1-2,9,11H2,(H,21,24). The lowest BCUT2D eigenvalue weighted by molar-refractivity contribution is -0.115. The number of nitrogens with one attached hydrogen (secondary N) is 1. The Balaban J connectivity index is 1.68. The highest BCUT2D eigenvalue weighted by Crippen LogP contribution is 2.31. The lowest BCUT2D eigenvalue weighted by Gasteiger charge is -2.31. The summed E-state index contributed by atoms with van der Waals surface area (Å²) < 4.78 is 29.1. The van der Waals surface area contributed by atoms with Crippen molar-refractivity contribution < 1.29 is 23.4 Å². The summed E-state index contributed by atoms with van der Waals surface area (Å²) in [5.41, 5.74) is 2.34. The van der Waals surface area contributed by atoms with Crippen LogP contribution in [0.25, 0.3) is 0 Å². The van der Waals surface area contributed by atoms with Gasteiger partial charge >= 0.3 is 6.61 Å². The molecule has 5 nitrogen and oxygen atoms in total. The third-order valence-corrected chi connectivity index (χ3v) is 3.98. The van der Waals surface area contributed by atoms with E-state index >= 15 is 0 Å². The average Bonchev–Trinajstić information content (AvgIpc) is 2.56. The van der Waals surface area contributed by atoms with Gasteiger partial charge in [0.1, 0.15) is 11.5 Å². The summed E-state index contributed by atoms with van der Waals surface area (Å²) in [5.74, 6) is 0.0698. The van der Waals surface area contributed by atoms with E-state index in [1.807, 2.05) is 4.90 Å². The van der Waals surface area contributed by atoms with Gasteiger partial charge in [0.25, 0.3) is 0 Å². The third-order valence-electron chi connectivity index (χ3n) is 3.98. The van der Waals surface area contributed by atoms with Crippen LogP contribution in [0.5, 0.6) is 11.5 Å². The number of aromatic hydroxyl groups is 1. The molecule has 2 aromatic carbocycles. The molecule has 0 aromatic heterocycles. The van der Waals surface area contributed by atoms with Gasteiger partial charge in [-0.3, -0.25) is 4.79 Å². The molecule has 2 N–H and O–H groups in total. The minimum atomic E-state index is -2.85. The summed E-state index contributed by atoms with van der Waals surface area (Å²) >= 11 is 0. The highest BCUT2D eigenvalue weighted by molar-refractivity contribution is 5.94. The van der Waals surface area contributed by atoms with Gasteiger partial charge in [0.15, 0.2) is 0 Å². The van der Waals surface area contributed by atoms with Crippen LogP contribution in [0.1, 0.15) is 12.0 Å². The lowest BCUT2D eigenvalue weighted by atomic mass is 10.0. The SMILES string of the molecule is O=C(CN1CCCc2cc(OC(F)F)ccc21)Nc1ccc(O)cc1. The van der Waals surface area contributed by atoms with Gasteiger partial charge in [-0.05, 0) is 60.9 Å². The fraction of sp³-hybridized carbons (Fsp3) is 0.278. The number of anilines is 2. The van der Waals surface area contributed by atoms with Gasteiger partial charge in [-0.25, -0.2) is 0 Å². The molecule has 0 unspecified atom stereocenters. The van der Waals surface area contributed by atoms with Crippen LogP contribution in [0.2, 0.25) is 0 Å². The van der Waals surface area contributed by atoms with Crippen LogP contribution < -0.4 is 15.0 Å². The quantitative estimate of drug-likeness (QED) is 0.813. The van der Waals surface area contributed by atoms with Gasteiger partial charge in [-0.1, -0.05) is 0 Å². The molecule has 0 fully saturated rings. The Morgan fingerprint density at radius 2 is 2.00 bits per heavy atom. The minimum Gasteiger partial charge on any atom is -0.508 e. The molecular weight excluding hydrogens is 330 g/mol. The number of benzene rings is 2. The van der Waals surface area contributed by atoms with Gasteiger partial charge < -0.3 is 20.1 Å². The van der Waals surface area contributed by atoms with Crippen molar-refractivity contribution in [2.45, 2.75) is 19.5 Å². The zero-order chi connectivity index (χ0) is 17.8. The summed E-state index contributed by atoms with van der Waals surface area (Å²) in [6.45, 7) is -1.98. The second-order valence-corrected chi connectivity index (χ2v) is 5.79. The molecule has 0 saturated carbocycles. The second kappa shape index (κ2) is 7.38. The summed E-state index contributed by atoms with van der Waals surface area (Å²) in [5, 5.41) is 12.0. The Morgan fingerprint density at radius 1 is 1.24 bits per heavy atom. The number of halogens is 2. The molecule has 0 atom stereocenters. The molecule has 0 saturated heterocycles. The van der Waals surface area contributed by atoms with Crippen LogP contribution in [-0.2, 0) is 11.2 Å². The van der Waals surface area contributed by atoms with Crippen molar-refractivity contribution in [3.05, 3.63) is 48.0 Å². The second-order valence-electron chi connectivity index (χ2n) is 5.79. The van der Waals surface area contributed by atoms with E-state index in [1.165, 1.54) is 18.2 Å². The Labute approximate surface area is 143 Å². The van der Waals surface area contributed by atoms with Crippen LogP contribution in [0, 0.1) is 0 Å². The number of hydrogen-bond donors (Lipinski definition) is 2. The van der Waals surface area contributed by atoms with E-state index in [1.54, 1.807) is 24.3 Å². The van der Waals surface area contributed by atoms with Crippen molar-refractivity contribution in [2.75, 3.05) is 23.3 Å². The van der Waals surface area contributed by atoms with E-state index in [-0.39, 0.29) is 24.0 Å². The predicted octanol–water partition coefficient (Wildman–Crippen LogP) is 3.38. The van der Waals surface area contributed by atoms with Crippen LogP contribution in [0.4, 0.5) is 20.2 Å². The summed E-state index contributed by atoms with van der Waals surface area (Å²) in [4.78, 5) is 14.2. The van der Waals surface area contributed by atoms with Gasteiger partial charge in [0.2, 0.25) is 5.91 Å². The van der Waals surface area contributed by atoms with Gasteiger partial charge in [0.05, 0.1) is 6.54 Å². The molecule has 1 heterocycles. The number of phenols is 1. The van der Waals surface area contributed by atoms with Crippen molar-refractivity contribution in [3.63, 3.8) is 0 Å². The van der Waals surface area contributed by atoms with E-state index in [9.17, 15) is 18.7 Å². The molecule has 132 valence electrons. The fourth-order valence-corrected chi connectivity index (χ4v) is 2.91. The van der Waals surface area contributed by atoms with Crippen molar-refractivity contribution in [1.82, 2.24) is 0 Å². The first kappa shape index (κ1) is 17.0. The number of carbonyl (C=O) groups is 1. The number of ether oxygens (including phenoxy) is 1. The number of phenolic OH excluding ortho intramolecular Hbond substituents is 1. The first-order valence-corrected chi connectivity index (χ1v) is 7.93. The summed E-state index contributed by atoms with van der Waals surface area (Å²) in [6, 6.07) is 11.0. The molecule has 0 bridgehead atoms. The maximum absolute atomic E-state index is 12.3. The molecule has 0 radical (unpaired) electrons. The Bertz CT molecular complexity index is 750. The Kier molecular flexibility index (Phi) is 5.02. The van der Waals surface area contributed by atoms with Crippen LogP contribution >= 0.6 is 0 Å². The zero-order valence-corrected chi connectivity index (χ0v) is 13.4. The average molecular weight is 348 g/mol. The van der Waals surface area contributed by atoms with Gasteiger partial charge in [0, 0.05) is 17.9 Å². The number of rotatable bonds is 5. The number of aryl methyl sites for hydroxylation is 1. The highest BCUT2D eigenvalue weighted by Gasteiger charge is 2.20. The molecule has 25 heavy (non-hydrogen) atoms. The molecule has 1 aliphatic rings. The van der Waals surface area contributed by atoms with Gasteiger partial charge in [-0.2, -0.15) is 8.78 Å². The van der Waals surface area contributed by atoms with Gasteiger partial charge in [-0.15, -0.1) is 0 Å². The molecule has 2 aromatic rings. The molecule has 1 amide bonds. The minimum absolute atomic E-state index is 0.129. The van der Waals surface area contributed by atoms with Crippen LogP contribution in [0.3, 0.4) is 0 Å². The Hall–Kier alpha value is -2.83. The predicted molar refractivity (Wildman–Crippen MR) is 90.3 cm³/mol. The number of alkyl halides is 2. The van der Waals surface area contributed by atoms with Crippen LogP contribution in [0.15, 0.2) is 42.5 Å². The lowest BCUT2D eigenvalue weighted by Crippen LogP contribution is -2.36. The maximum Gasteiger partial charge on any atom is 0.387 e. The third kappa shape index (κ3) is 4.37. The zero-order valence-electron chi connectivity index (χ0n) is 13.4. The number of amides is 1. The van der Waals surface area contributed by atoms with Crippen molar-refractivity contribution in [1.29, 1.82) is 0 Å². The first-order valence-electron chi connectivity index (χ1n) is 7.93. The smallest absolute Gasteiger partial charge is 0.387 e. The molecule has 0 aliphatic carbocycles. The van der Waals surface area contributed by atoms with Crippen molar-refractivity contribution >= 4 is 17.3 Å². The highest BCUT2D eigenvalue weighted by atomic mass is 19.3. The summed E-state index contributed by atoms with van der Waals surface area (Å²) in [6.07, 6.45) is 1.59. The molecule has 7 heteroatoms. The van der Waals surface area contributed by atoms with E-state index < -0.39 is 6.61 Å². The molecule has 3 rings (SSSR count). The fourth-order valence-electron chi connectivity index (χ4n) is 2.91. The van der Waals surface area contributed by atoms with Crippen LogP contribution in [-0.4, -0.2) is 30.7 Å². The van der Waals surface area contributed by atoms with E-state index in [4.69, 9.17) is 0 Å². The van der Waals surface area contributed by atoms with E-state index in [0.717, 1.165) is 24.1 Å². The number of nitrogens with zero attached hydrogens (tertiary/aromatic N) is 1. The first-order chi connectivity index (χ1) is 12.0. The Morgan fingerprint density at radius 3 is 2.72 bits per heavy atom. The monoisotopic (exact) mass is 348 g/mol.